The first-order valence-corrected chi connectivity index (χ1v) is 7.08. The molecule has 0 aliphatic carbocycles. The Labute approximate surface area is 127 Å². The van der Waals surface area contributed by atoms with Gasteiger partial charge in [0.2, 0.25) is 0 Å². The van der Waals surface area contributed by atoms with Gasteiger partial charge in [-0.15, -0.1) is 0 Å². The molecule has 4 heteroatoms. The van der Waals surface area contributed by atoms with Crippen molar-refractivity contribution in [2.75, 3.05) is 6.61 Å². The predicted molar refractivity (Wildman–Crippen MR) is 84.2 cm³/mol. The summed E-state index contributed by atoms with van der Waals surface area (Å²) in [6.45, 7) is 2.09. The number of hydrogen-bond acceptors (Lipinski definition) is 3. The van der Waals surface area contributed by atoms with E-state index in [1.807, 2.05) is 18.2 Å². The lowest BCUT2D eigenvalue weighted by Gasteiger charge is -2.05. The topological polar surface area (TPSA) is 48.3 Å². The van der Waals surface area contributed by atoms with Crippen LogP contribution >= 0.6 is 0 Å². The fraction of sp³-hybridized carbons (Fsp3) is 0.111. The van der Waals surface area contributed by atoms with E-state index < -0.39 is 6.09 Å². The number of carbonyl (C=O) groups excluding carboxylic acids is 2. The molecule has 0 amide bonds. The molecule has 0 fully saturated rings. The van der Waals surface area contributed by atoms with E-state index in [-0.39, 0.29) is 5.78 Å². The zero-order valence-corrected chi connectivity index (χ0v) is 12.2. The zero-order valence-electron chi connectivity index (χ0n) is 12.2. The van der Waals surface area contributed by atoms with Gasteiger partial charge in [-0.05, 0) is 31.2 Å². The highest BCUT2D eigenvalue weighted by Gasteiger charge is 2.13. The lowest BCUT2D eigenvalue weighted by atomic mass is 10.0. The minimum Gasteiger partial charge on any atom is -0.449 e. The van der Waals surface area contributed by atoms with Crippen LogP contribution in [0.2, 0.25) is 0 Å². The Morgan fingerprint density at radius 1 is 1.00 bits per heavy atom. The van der Waals surface area contributed by atoms with E-state index in [1.165, 1.54) is 4.57 Å². The molecule has 1 heterocycles. The maximum absolute atomic E-state index is 12.4. The number of rotatable bonds is 3. The van der Waals surface area contributed by atoms with Gasteiger partial charge in [-0.3, -0.25) is 9.36 Å². The van der Waals surface area contributed by atoms with E-state index in [2.05, 4.69) is 0 Å². The summed E-state index contributed by atoms with van der Waals surface area (Å²) in [5.41, 5.74) is 1.97. The maximum atomic E-state index is 12.4. The van der Waals surface area contributed by atoms with E-state index in [0.29, 0.717) is 17.7 Å². The third-order valence-corrected chi connectivity index (χ3v) is 3.45. The average molecular weight is 293 g/mol. The van der Waals surface area contributed by atoms with E-state index >= 15 is 0 Å². The average Bonchev–Trinajstić information content (AvgIpc) is 2.98. The number of nitrogens with zero attached hydrogens (tertiary/aromatic N) is 1. The van der Waals surface area contributed by atoms with E-state index in [9.17, 15) is 9.59 Å². The SMILES string of the molecule is CCOC(=O)n1ccc2cc(C(=O)c3ccccc3)ccc21. The second-order valence-electron chi connectivity index (χ2n) is 4.85. The Morgan fingerprint density at radius 2 is 1.77 bits per heavy atom. The lowest BCUT2D eigenvalue weighted by molar-refractivity contribution is 0.103. The molecular formula is C18H15NO3. The molecule has 0 saturated carbocycles. The number of fused-ring (bicyclic) bond motifs is 1. The first-order chi connectivity index (χ1) is 10.7. The summed E-state index contributed by atoms with van der Waals surface area (Å²) in [6.07, 6.45) is 1.24. The minimum atomic E-state index is -0.417. The molecule has 4 nitrogen and oxygen atoms in total. The molecular weight excluding hydrogens is 278 g/mol. The van der Waals surface area contributed by atoms with E-state index in [0.717, 1.165) is 10.9 Å². The maximum Gasteiger partial charge on any atom is 0.418 e. The normalized spacial score (nSPS) is 10.6. The molecule has 0 spiro atoms. The molecule has 0 bridgehead atoms. The molecule has 0 radical (unpaired) electrons. The fourth-order valence-corrected chi connectivity index (χ4v) is 2.39. The van der Waals surface area contributed by atoms with Crippen molar-refractivity contribution in [3.05, 3.63) is 71.9 Å². The van der Waals surface area contributed by atoms with Gasteiger partial charge in [0, 0.05) is 22.7 Å². The summed E-state index contributed by atoms with van der Waals surface area (Å²) >= 11 is 0. The number of benzene rings is 2. The van der Waals surface area contributed by atoms with Crippen molar-refractivity contribution >= 4 is 22.8 Å². The highest BCUT2D eigenvalue weighted by Crippen LogP contribution is 2.20. The summed E-state index contributed by atoms with van der Waals surface area (Å²) in [5.74, 6) is -0.0358. The van der Waals surface area contributed by atoms with Crippen LogP contribution in [0.1, 0.15) is 22.8 Å². The van der Waals surface area contributed by atoms with Crippen LogP contribution in [-0.2, 0) is 4.74 Å². The number of carbonyl (C=O) groups is 2. The molecule has 2 aromatic carbocycles. The Balaban J connectivity index is 1.98. The molecule has 3 rings (SSSR count). The van der Waals surface area contributed by atoms with Gasteiger partial charge in [0.1, 0.15) is 0 Å². The van der Waals surface area contributed by atoms with Crippen LogP contribution < -0.4 is 0 Å². The van der Waals surface area contributed by atoms with E-state index in [4.69, 9.17) is 4.74 Å². The predicted octanol–water partition coefficient (Wildman–Crippen LogP) is 3.88. The van der Waals surface area contributed by atoms with Crippen LogP contribution in [0.5, 0.6) is 0 Å². The Kier molecular flexibility index (Phi) is 3.74. The van der Waals surface area contributed by atoms with Crippen molar-refractivity contribution in [2.24, 2.45) is 0 Å². The van der Waals surface area contributed by atoms with Crippen molar-refractivity contribution < 1.29 is 14.3 Å². The summed E-state index contributed by atoms with van der Waals surface area (Å²) < 4.78 is 6.44. The van der Waals surface area contributed by atoms with Crippen LogP contribution in [0.3, 0.4) is 0 Å². The van der Waals surface area contributed by atoms with Gasteiger partial charge >= 0.3 is 6.09 Å². The molecule has 3 aromatic rings. The van der Waals surface area contributed by atoms with Crippen LogP contribution in [0, 0.1) is 0 Å². The lowest BCUT2D eigenvalue weighted by Crippen LogP contribution is -2.12. The number of aromatic nitrogens is 1. The first kappa shape index (κ1) is 14.1. The Morgan fingerprint density at radius 3 is 2.50 bits per heavy atom. The Hall–Kier alpha value is -2.88. The first-order valence-electron chi connectivity index (χ1n) is 7.08. The van der Waals surface area contributed by atoms with E-state index in [1.54, 1.807) is 49.5 Å². The molecule has 0 N–H and O–H groups in total. The molecule has 0 saturated heterocycles. The summed E-state index contributed by atoms with van der Waals surface area (Å²) in [7, 11) is 0. The van der Waals surface area contributed by atoms with Crippen molar-refractivity contribution in [1.29, 1.82) is 0 Å². The standard InChI is InChI=1S/C18H15NO3/c1-2-22-18(21)19-11-10-14-12-15(8-9-16(14)19)17(20)13-6-4-3-5-7-13/h3-12H,2H2,1H3. The van der Waals surface area contributed by atoms with Gasteiger partial charge in [-0.1, -0.05) is 30.3 Å². The van der Waals surface area contributed by atoms with Gasteiger partial charge < -0.3 is 4.74 Å². The van der Waals surface area contributed by atoms with Crippen molar-refractivity contribution in [3.8, 4) is 0 Å². The third-order valence-electron chi connectivity index (χ3n) is 3.45. The largest absolute Gasteiger partial charge is 0.449 e. The van der Waals surface area contributed by atoms with Gasteiger partial charge in [0.25, 0.3) is 0 Å². The smallest absolute Gasteiger partial charge is 0.418 e. The highest BCUT2D eigenvalue weighted by molar-refractivity contribution is 6.10. The van der Waals surface area contributed by atoms with Gasteiger partial charge in [-0.25, -0.2) is 4.79 Å². The van der Waals surface area contributed by atoms with Gasteiger partial charge in [0.15, 0.2) is 5.78 Å². The quantitative estimate of drug-likeness (QED) is 0.689. The zero-order chi connectivity index (χ0) is 15.5. The molecule has 0 aliphatic rings. The molecule has 0 aliphatic heterocycles. The molecule has 110 valence electrons. The molecule has 22 heavy (non-hydrogen) atoms. The molecule has 0 unspecified atom stereocenters. The number of ether oxygens (including phenoxy) is 1. The second kappa shape index (κ2) is 5.85. The van der Waals surface area contributed by atoms with Crippen LogP contribution in [0.25, 0.3) is 10.9 Å². The van der Waals surface area contributed by atoms with Gasteiger partial charge in [0.05, 0.1) is 12.1 Å². The molecule has 1 aromatic heterocycles. The van der Waals surface area contributed by atoms with Crippen molar-refractivity contribution in [3.63, 3.8) is 0 Å². The summed E-state index contributed by atoms with van der Waals surface area (Å²) in [5, 5.41) is 0.829. The van der Waals surface area contributed by atoms with Crippen molar-refractivity contribution in [2.45, 2.75) is 6.92 Å². The molecule has 0 atom stereocenters. The second-order valence-corrected chi connectivity index (χ2v) is 4.85. The van der Waals surface area contributed by atoms with Crippen LogP contribution in [0.15, 0.2) is 60.8 Å². The summed E-state index contributed by atoms with van der Waals surface area (Å²) in [6, 6.07) is 16.2. The highest BCUT2D eigenvalue weighted by atomic mass is 16.5. The van der Waals surface area contributed by atoms with Gasteiger partial charge in [-0.2, -0.15) is 0 Å². The third kappa shape index (κ3) is 2.51. The fourth-order valence-electron chi connectivity index (χ4n) is 2.39. The monoisotopic (exact) mass is 293 g/mol. The number of hydrogen-bond donors (Lipinski definition) is 0. The minimum absolute atomic E-state index is 0.0358. The Bertz CT molecular complexity index is 834. The van der Waals surface area contributed by atoms with Crippen molar-refractivity contribution in [1.82, 2.24) is 4.57 Å². The summed E-state index contributed by atoms with van der Waals surface area (Å²) in [4.78, 5) is 24.3. The van der Waals surface area contributed by atoms with Crippen LogP contribution in [0.4, 0.5) is 4.79 Å². The number of ketones is 1. The van der Waals surface area contributed by atoms with Crippen LogP contribution in [-0.4, -0.2) is 23.1 Å².